The molecule has 3 rings (SSSR count). The number of hydrogen-bond acceptors (Lipinski definition) is 5. The van der Waals surface area contributed by atoms with Gasteiger partial charge in [-0.15, -0.1) is 0 Å². The van der Waals surface area contributed by atoms with E-state index in [9.17, 15) is 0 Å². The number of thioether (sulfide) groups is 1. The summed E-state index contributed by atoms with van der Waals surface area (Å²) in [7, 11) is 0. The van der Waals surface area contributed by atoms with Crippen LogP contribution in [0.5, 0.6) is 17.2 Å². The van der Waals surface area contributed by atoms with E-state index in [0.717, 1.165) is 32.7 Å². The van der Waals surface area contributed by atoms with Crippen LogP contribution in [0.4, 0.5) is 11.4 Å². The number of ether oxygens (including phenoxy) is 2. The average molecular weight is 449 g/mol. The molecule has 0 amide bonds. The quantitative estimate of drug-likeness (QED) is 0.210. The van der Waals surface area contributed by atoms with Gasteiger partial charge >= 0.3 is 0 Å². The van der Waals surface area contributed by atoms with Gasteiger partial charge in [0.1, 0.15) is 23.4 Å². The lowest BCUT2D eigenvalue weighted by atomic mass is 10.3. The number of nitrogen functional groups attached to an aromatic ring is 2. The van der Waals surface area contributed by atoms with Crippen molar-refractivity contribution in [3.8, 4) is 17.2 Å². The van der Waals surface area contributed by atoms with Gasteiger partial charge in [-0.2, -0.15) is 0 Å². The lowest BCUT2D eigenvalue weighted by Gasteiger charge is -2.11. The van der Waals surface area contributed by atoms with Crippen molar-refractivity contribution in [3.05, 3.63) is 95.9 Å². The van der Waals surface area contributed by atoms with E-state index in [0.29, 0.717) is 5.69 Å². The Morgan fingerprint density at radius 1 is 0.781 bits per heavy atom. The summed E-state index contributed by atoms with van der Waals surface area (Å²) in [4.78, 5) is 2.26. The van der Waals surface area contributed by atoms with Crippen LogP contribution >= 0.6 is 11.8 Å². The van der Waals surface area contributed by atoms with E-state index in [4.69, 9.17) is 20.9 Å². The van der Waals surface area contributed by atoms with Gasteiger partial charge in [0.25, 0.3) is 0 Å². The molecule has 0 aliphatic carbocycles. The highest BCUT2D eigenvalue weighted by Gasteiger charge is 2.03. The van der Waals surface area contributed by atoms with Crippen molar-refractivity contribution in [1.82, 2.24) is 0 Å². The van der Waals surface area contributed by atoms with Gasteiger partial charge < -0.3 is 20.9 Å². The van der Waals surface area contributed by atoms with Crippen LogP contribution in [0.2, 0.25) is 0 Å². The number of benzene rings is 3. The minimum Gasteiger partial charge on any atom is -0.487 e. The normalized spacial score (nSPS) is 12.1. The Hall–Kier alpha value is -3.31. The highest BCUT2D eigenvalue weighted by atomic mass is 32.2. The molecule has 0 aliphatic heterocycles. The summed E-state index contributed by atoms with van der Waals surface area (Å²) < 4.78 is 11.7. The topological polar surface area (TPSA) is 70.5 Å². The van der Waals surface area contributed by atoms with E-state index in [1.807, 2.05) is 107 Å². The molecule has 3 aromatic rings. The summed E-state index contributed by atoms with van der Waals surface area (Å²) in [5, 5.41) is 0. The number of allylic oxidation sites excluding steroid dienone is 2. The lowest BCUT2D eigenvalue weighted by Crippen LogP contribution is -2.07. The molecule has 1 unspecified atom stereocenters. The van der Waals surface area contributed by atoms with Crippen LogP contribution in [0.15, 0.2) is 101 Å². The predicted octanol–water partition coefficient (Wildman–Crippen LogP) is 7.69. The Bertz CT molecular complexity index is 995. The summed E-state index contributed by atoms with van der Waals surface area (Å²) >= 11 is 1.69. The van der Waals surface area contributed by atoms with Crippen molar-refractivity contribution in [3.63, 3.8) is 0 Å². The molecule has 0 saturated carbocycles. The minimum absolute atomic E-state index is 0.0557. The highest BCUT2D eigenvalue weighted by molar-refractivity contribution is 8.03. The average Bonchev–Trinajstić information content (AvgIpc) is 2.82. The monoisotopic (exact) mass is 448 g/mol. The van der Waals surface area contributed by atoms with E-state index >= 15 is 0 Å². The van der Waals surface area contributed by atoms with Crippen molar-refractivity contribution >= 4 is 23.1 Å². The van der Waals surface area contributed by atoms with Crippen LogP contribution in [-0.2, 0) is 0 Å². The number of nitrogens with two attached hydrogens (primary N) is 2. The maximum Gasteiger partial charge on any atom is 0.127 e. The smallest absolute Gasteiger partial charge is 0.127 e. The third-order valence-corrected chi connectivity index (χ3v) is 5.31. The molecule has 0 spiro atoms. The molecular formula is C27H32N2O2S. The fourth-order valence-corrected chi connectivity index (χ4v) is 3.41. The molecule has 5 heteroatoms. The second-order valence-corrected chi connectivity index (χ2v) is 7.83. The molecule has 0 radical (unpaired) electrons. The van der Waals surface area contributed by atoms with E-state index in [1.54, 1.807) is 11.8 Å². The van der Waals surface area contributed by atoms with Crippen LogP contribution in [0, 0.1) is 0 Å². The first-order valence-electron chi connectivity index (χ1n) is 10.7. The molecule has 4 nitrogen and oxygen atoms in total. The van der Waals surface area contributed by atoms with Crippen LogP contribution < -0.4 is 20.9 Å². The van der Waals surface area contributed by atoms with E-state index in [-0.39, 0.29) is 6.10 Å². The molecule has 0 aliphatic rings. The fraction of sp³-hybridized carbons (Fsp3) is 0.185. The largest absolute Gasteiger partial charge is 0.487 e. The van der Waals surface area contributed by atoms with E-state index in [1.165, 1.54) is 0 Å². The molecule has 3 aromatic carbocycles. The molecule has 32 heavy (non-hydrogen) atoms. The van der Waals surface area contributed by atoms with Gasteiger partial charge in [-0.1, -0.05) is 31.7 Å². The minimum atomic E-state index is -0.0557. The maximum absolute atomic E-state index is 5.89. The molecule has 0 aromatic heterocycles. The summed E-state index contributed by atoms with van der Waals surface area (Å²) in [6.45, 7) is 8.03. The molecule has 0 saturated heterocycles. The standard InChI is InChI=1S/C25H26N2O2S.C2H6/c1-3-24(15-4-18(2)28-21-9-5-19(26)6-10-21)30-25-16-13-23(14-17-25)29-22-11-7-20(27)8-12-22;1-2/h3-18H,26-27H2,1-2H3;1-2H3/b15-4-,24-3+;. The fourth-order valence-electron chi connectivity index (χ4n) is 2.60. The summed E-state index contributed by atoms with van der Waals surface area (Å²) in [6, 6.07) is 22.8. The molecular weight excluding hydrogens is 416 g/mol. The van der Waals surface area contributed by atoms with Crippen molar-refractivity contribution in [2.75, 3.05) is 11.5 Å². The molecule has 0 fully saturated rings. The van der Waals surface area contributed by atoms with Gasteiger partial charge in [0.05, 0.1) is 0 Å². The van der Waals surface area contributed by atoms with Gasteiger partial charge in [-0.3, -0.25) is 0 Å². The van der Waals surface area contributed by atoms with Gasteiger partial charge in [-0.05, 0) is 98.8 Å². The number of hydrogen-bond donors (Lipinski definition) is 2. The Labute approximate surface area is 195 Å². The first-order chi connectivity index (χ1) is 15.5. The molecule has 168 valence electrons. The molecule has 4 N–H and O–H groups in total. The van der Waals surface area contributed by atoms with Crippen molar-refractivity contribution in [2.24, 2.45) is 0 Å². The third kappa shape index (κ3) is 8.44. The van der Waals surface area contributed by atoms with Crippen LogP contribution in [0.1, 0.15) is 27.7 Å². The van der Waals surface area contributed by atoms with Crippen LogP contribution in [-0.4, -0.2) is 6.10 Å². The van der Waals surface area contributed by atoms with E-state index in [2.05, 4.69) is 12.2 Å². The maximum atomic E-state index is 5.89. The number of anilines is 2. The second kappa shape index (κ2) is 13.2. The van der Waals surface area contributed by atoms with Crippen molar-refractivity contribution in [1.29, 1.82) is 0 Å². The zero-order chi connectivity index (χ0) is 23.3. The number of rotatable bonds is 8. The Morgan fingerprint density at radius 3 is 1.75 bits per heavy atom. The SMILES string of the molecule is C/C=C(\C=C/C(C)Oc1ccc(N)cc1)Sc1ccc(Oc2ccc(N)cc2)cc1.CC. The molecule has 1 atom stereocenters. The first kappa shape index (κ1) is 25.0. The highest BCUT2D eigenvalue weighted by Crippen LogP contribution is 2.30. The van der Waals surface area contributed by atoms with Crippen molar-refractivity contribution in [2.45, 2.75) is 38.7 Å². The predicted molar refractivity (Wildman–Crippen MR) is 138 cm³/mol. The Morgan fingerprint density at radius 2 is 1.25 bits per heavy atom. The molecule has 0 bridgehead atoms. The summed E-state index contributed by atoms with van der Waals surface area (Å²) in [5.41, 5.74) is 12.9. The first-order valence-corrected chi connectivity index (χ1v) is 11.5. The van der Waals surface area contributed by atoms with Crippen LogP contribution in [0.3, 0.4) is 0 Å². The Balaban J connectivity index is 0.00000176. The lowest BCUT2D eigenvalue weighted by molar-refractivity contribution is 0.270. The van der Waals surface area contributed by atoms with Gasteiger partial charge in [0.2, 0.25) is 0 Å². The van der Waals surface area contributed by atoms with Gasteiger partial charge in [0, 0.05) is 21.2 Å². The van der Waals surface area contributed by atoms with Gasteiger partial charge in [-0.25, -0.2) is 0 Å². The van der Waals surface area contributed by atoms with Crippen molar-refractivity contribution < 1.29 is 9.47 Å². The zero-order valence-electron chi connectivity index (χ0n) is 19.1. The summed E-state index contributed by atoms with van der Waals surface area (Å²) in [5.74, 6) is 2.34. The van der Waals surface area contributed by atoms with Gasteiger partial charge in [0.15, 0.2) is 0 Å². The second-order valence-electron chi connectivity index (χ2n) is 6.69. The summed E-state index contributed by atoms with van der Waals surface area (Å²) in [6.07, 6.45) is 6.14. The van der Waals surface area contributed by atoms with Crippen LogP contribution in [0.25, 0.3) is 0 Å². The van der Waals surface area contributed by atoms with E-state index < -0.39 is 0 Å². The zero-order valence-corrected chi connectivity index (χ0v) is 19.9. The third-order valence-electron chi connectivity index (χ3n) is 4.19. The molecule has 0 heterocycles. The Kier molecular flexibility index (Phi) is 10.3.